The van der Waals surface area contributed by atoms with Crippen molar-refractivity contribution >= 4 is 17.5 Å². The van der Waals surface area contributed by atoms with Gasteiger partial charge in [-0.05, 0) is 44.1 Å². The molecule has 0 saturated carbocycles. The van der Waals surface area contributed by atoms with Crippen LogP contribution in [-0.4, -0.2) is 16.9 Å². The summed E-state index contributed by atoms with van der Waals surface area (Å²) in [5.74, 6) is 1.69. The lowest BCUT2D eigenvalue weighted by Crippen LogP contribution is -2.18. The molecule has 0 bridgehead atoms. The molecule has 2 atom stereocenters. The maximum absolute atomic E-state index is 5.54. The Balaban J connectivity index is 2.05. The van der Waals surface area contributed by atoms with E-state index in [1.165, 1.54) is 40.1 Å². The van der Waals surface area contributed by atoms with E-state index in [4.69, 9.17) is 4.84 Å². The first-order chi connectivity index (χ1) is 8.16. The Morgan fingerprint density at radius 2 is 1.94 bits per heavy atom. The number of fused-ring (bicyclic) bond motifs is 1. The summed E-state index contributed by atoms with van der Waals surface area (Å²) in [4.78, 5) is 5.54. The fourth-order valence-corrected chi connectivity index (χ4v) is 4.15. The number of benzene rings is 1. The minimum atomic E-state index is 0.269. The summed E-state index contributed by atoms with van der Waals surface area (Å²) in [6.07, 6.45) is 1.20. The van der Waals surface area contributed by atoms with E-state index in [0.29, 0.717) is 5.92 Å². The smallest absolute Gasteiger partial charge is 0.181 e. The van der Waals surface area contributed by atoms with Crippen LogP contribution in [0.2, 0.25) is 0 Å². The fraction of sp³-hybridized carbons (Fsp3) is 0.500. The third kappa shape index (κ3) is 1.77. The molecule has 3 heteroatoms. The van der Waals surface area contributed by atoms with Crippen LogP contribution in [0, 0.1) is 26.7 Å². The predicted octanol–water partition coefficient (Wildman–Crippen LogP) is 3.43. The van der Waals surface area contributed by atoms with E-state index in [2.05, 4.69) is 38.1 Å². The molecule has 2 nitrogen and oxygen atoms in total. The van der Waals surface area contributed by atoms with E-state index in [0.717, 1.165) is 0 Å². The van der Waals surface area contributed by atoms with Crippen LogP contribution < -0.4 is 0 Å². The molecule has 1 aromatic rings. The Bertz CT molecular complexity index is 472. The highest BCUT2D eigenvalue weighted by molar-refractivity contribution is 8.00. The molecule has 2 unspecified atom stereocenters. The molecule has 1 saturated heterocycles. The molecule has 2 aliphatic heterocycles. The van der Waals surface area contributed by atoms with Crippen LogP contribution in [-0.2, 0) is 4.84 Å². The van der Waals surface area contributed by atoms with Gasteiger partial charge in [0.15, 0.2) is 5.44 Å². The molecular weight excluding hydrogens is 230 g/mol. The maximum atomic E-state index is 5.54. The van der Waals surface area contributed by atoms with E-state index in [9.17, 15) is 0 Å². The van der Waals surface area contributed by atoms with Crippen molar-refractivity contribution in [1.29, 1.82) is 0 Å². The highest BCUT2D eigenvalue weighted by Crippen LogP contribution is 2.40. The van der Waals surface area contributed by atoms with Gasteiger partial charge < -0.3 is 4.84 Å². The van der Waals surface area contributed by atoms with E-state index >= 15 is 0 Å². The van der Waals surface area contributed by atoms with Gasteiger partial charge in [0.2, 0.25) is 0 Å². The lowest BCUT2D eigenvalue weighted by molar-refractivity contribution is 0.132. The molecule has 0 aromatic heterocycles. The van der Waals surface area contributed by atoms with Crippen molar-refractivity contribution in [2.75, 3.05) is 5.75 Å². The lowest BCUT2D eigenvalue weighted by Gasteiger charge is -2.14. The van der Waals surface area contributed by atoms with Crippen LogP contribution in [0.1, 0.15) is 28.7 Å². The van der Waals surface area contributed by atoms with Gasteiger partial charge in [0.25, 0.3) is 0 Å². The molecular formula is C14H17NOS. The second-order valence-electron chi connectivity index (χ2n) is 4.99. The summed E-state index contributed by atoms with van der Waals surface area (Å²) in [6, 6.07) is 4.47. The standard InChI is InChI=1S/C14H17NOS/c1-8-6-9(2)12(10(3)7-8)13-11-4-5-17-14(11)16-15-13/h6-7,11,14H,4-5H2,1-3H3. The van der Waals surface area contributed by atoms with E-state index in [1.807, 2.05) is 11.8 Å². The third-order valence-corrected chi connectivity index (χ3v) is 4.79. The molecule has 90 valence electrons. The van der Waals surface area contributed by atoms with Crippen LogP contribution >= 0.6 is 11.8 Å². The highest BCUT2D eigenvalue weighted by Gasteiger charge is 2.40. The molecule has 1 fully saturated rings. The van der Waals surface area contributed by atoms with Crippen molar-refractivity contribution in [1.82, 2.24) is 0 Å². The minimum absolute atomic E-state index is 0.269. The maximum Gasteiger partial charge on any atom is 0.181 e. The van der Waals surface area contributed by atoms with Gasteiger partial charge in [0, 0.05) is 5.56 Å². The van der Waals surface area contributed by atoms with Crippen molar-refractivity contribution in [2.45, 2.75) is 32.6 Å². The normalized spacial score (nSPS) is 26.6. The average Bonchev–Trinajstić information content (AvgIpc) is 2.80. The fourth-order valence-electron chi connectivity index (χ4n) is 2.92. The lowest BCUT2D eigenvalue weighted by atomic mass is 9.89. The SMILES string of the molecule is Cc1cc(C)c(C2=NOC3SCCC23)c(C)c1. The third-order valence-electron chi connectivity index (χ3n) is 3.58. The minimum Gasteiger partial charge on any atom is -0.380 e. The summed E-state index contributed by atoms with van der Waals surface area (Å²) in [7, 11) is 0. The Kier molecular flexibility index (Phi) is 2.66. The summed E-state index contributed by atoms with van der Waals surface area (Å²) in [5, 5.41) is 4.34. The van der Waals surface area contributed by atoms with Crippen LogP contribution in [0.5, 0.6) is 0 Å². The van der Waals surface area contributed by atoms with Crippen molar-refractivity contribution in [3.05, 3.63) is 34.4 Å². The van der Waals surface area contributed by atoms with Gasteiger partial charge in [0.05, 0.1) is 11.6 Å². The summed E-state index contributed by atoms with van der Waals surface area (Å²) >= 11 is 1.89. The van der Waals surface area contributed by atoms with Gasteiger partial charge in [-0.25, -0.2) is 0 Å². The molecule has 0 N–H and O–H groups in total. The zero-order valence-corrected chi connectivity index (χ0v) is 11.3. The van der Waals surface area contributed by atoms with Crippen LogP contribution in [0.15, 0.2) is 17.3 Å². The number of hydrogen-bond acceptors (Lipinski definition) is 3. The molecule has 0 spiro atoms. The zero-order chi connectivity index (χ0) is 12.0. The van der Waals surface area contributed by atoms with E-state index in [-0.39, 0.29) is 5.44 Å². The second kappa shape index (κ2) is 4.05. The van der Waals surface area contributed by atoms with E-state index < -0.39 is 0 Å². The van der Waals surface area contributed by atoms with Crippen molar-refractivity contribution in [3.63, 3.8) is 0 Å². The highest BCUT2D eigenvalue weighted by atomic mass is 32.2. The Morgan fingerprint density at radius 1 is 1.24 bits per heavy atom. The van der Waals surface area contributed by atoms with Crippen LogP contribution in [0.3, 0.4) is 0 Å². The molecule has 1 aromatic carbocycles. The first kappa shape index (κ1) is 11.1. The zero-order valence-electron chi connectivity index (χ0n) is 10.5. The van der Waals surface area contributed by atoms with Gasteiger partial charge in [0.1, 0.15) is 0 Å². The monoisotopic (exact) mass is 247 g/mol. The first-order valence-corrected chi connectivity index (χ1v) is 7.15. The van der Waals surface area contributed by atoms with Crippen LogP contribution in [0.25, 0.3) is 0 Å². The Labute approximate surface area is 106 Å². The number of thioether (sulfide) groups is 1. The van der Waals surface area contributed by atoms with Gasteiger partial charge >= 0.3 is 0 Å². The topological polar surface area (TPSA) is 21.6 Å². The number of rotatable bonds is 1. The number of hydrogen-bond donors (Lipinski definition) is 0. The predicted molar refractivity (Wildman–Crippen MR) is 72.6 cm³/mol. The molecule has 0 aliphatic carbocycles. The Hall–Kier alpha value is -0.960. The quantitative estimate of drug-likeness (QED) is 0.758. The first-order valence-electron chi connectivity index (χ1n) is 6.10. The van der Waals surface area contributed by atoms with Crippen molar-refractivity contribution in [3.8, 4) is 0 Å². The second-order valence-corrected chi connectivity index (χ2v) is 6.20. The summed E-state index contributed by atoms with van der Waals surface area (Å²) < 4.78 is 0. The molecule has 2 aliphatic rings. The number of nitrogens with zero attached hydrogens (tertiary/aromatic N) is 1. The summed E-state index contributed by atoms with van der Waals surface area (Å²) in [6.45, 7) is 6.49. The molecule has 0 amide bonds. The van der Waals surface area contributed by atoms with Gasteiger partial charge in [-0.15, -0.1) is 11.8 Å². The molecule has 3 rings (SSSR count). The number of aryl methyl sites for hydroxylation is 3. The van der Waals surface area contributed by atoms with Crippen LogP contribution in [0.4, 0.5) is 0 Å². The Morgan fingerprint density at radius 3 is 2.65 bits per heavy atom. The van der Waals surface area contributed by atoms with E-state index in [1.54, 1.807) is 0 Å². The summed E-state index contributed by atoms with van der Waals surface area (Å²) in [5.41, 5.74) is 6.72. The van der Waals surface area contributed by atoms with Gasteiger partial charge in [-0.2, -0.15) is 0 Å². The molecule has 2 heterocycles. The molecule has 17 heavy (non-hydrogen) atoms. The molecule has 0 radical (unpaired) electrons. The average molecular weight is 247 g/mol. The van der Waals surface area contributed by atoms with Crippen molar-refractivity contribution < 1.29 is 4.84 Å². The number of oxime groups is 1. The van der Waals surface area contributed by atoms with Gasteiger partial charge in [-0.3, -0.25) is 0 Å². The largest absolute Gasteiger partial charge is 0.380 e. The van der Waals surface area contributed by atoms with Crippen molar-refractivity contribution in [2.24, 2.45) is 11.1 Å². The van der Waals surface area contributed by atoms with Gasteiger partial charge in [-0.1, -0.05) is 22.9 Å².